The van der Waals surface area contributed by atoms with Gasteiger partial charge in [0.1, 0.15) is 6.04 Å². The molecule has 5 nitrogen and oxygen atoms in total. The summed E-state index contributed by atoms with van der Waals surface area (Å²) in [5.41, 5.74) is 2.01. The molecule has 3 aromatic rings. The molecule has 4 rings (SSSR count). The molecule has 0 aliphatic heterocycles. The van der Waals surface area contributed by atoms with Gasteiger partial charge in [-0.05, 0) is 36.0 Å². The second-order valence-electron chi connectivity index (χ2n) is 9.58. The van der Waals surface area contributed by atoms with Crippen molar-refractivity contribution < 1.29 is 21.6 Å². The first-order chi connectivity index (χ1) is 14.9. The van der Waals surface area contributed by atoms with E-state index >= 15 is 0 Å². The maximum absolute atomic E-state index is 14.1. The van der Waals surface area contributed by atoms with E-state index in [1.807, 2.05) is 37.6 Å². The van der Waals surface area contributed by atoms with Crippen molar-refractivity contribution in [3.8, 4) is 11.1 Å². The van der Waals surface area contributed by atoms with E-state index in [0.717, 1.165) is 11.1 Å². The number of hydrogen-bond acceptors (Lipinski definition) is 3. The summed E-state index contributed by atoms with van der Waals surface area (Å²) in [6.07, 6.45) is 0.797. The van der Waals surface area contributed by atoms with Crippen LogP contribution in [-0.2, 0) is 16.6 Å². The van der Waals surface area contributed by atoms with Crippen LogP contribution in [0.15, 0.2) is 48.9 Å². The van der Waals surface area contributed by atoms with Gasteiger partial charge < -0.3 is 4.57 Å². The van der Waals surface area contributed by atoms with Crippen LogP contribution in [0, 0.1) is 5.41 Å². The number of halogens is 3. The van der Waals surface area contributed by atoms with Gasteiger partial charge in [0.15, 0.2) is 0 Å². The average molecular weight is 466 g/mol. The molecular formula is C23H26F3N3O2S. The van der Waals surface area contributed by atoms with Gasteiger partial charge in [-0.2, -0.15) is 17.9 Å². The predicted molar refractivity (Wildman–Crippen MR) is 118 cm³/mol. The van der Waals surface area contributed by atoms with Crippen molar-refractivity contribution >= 4 is 20.9 Å². The summed E-state index contributed by atoms with van der Waals surface area (Å²) in [5.74, 6) is 0. The number of hydrogen-bond donors (Lipinski definition) is 1. The molecule has 0 radical (unpaired) electrons. The number of benzene rings is 1. The fourth-order valence-corrected chi connectivity index (χ4v) is 5.39. The summed E-state index contributed by atoms with van der Waals surface area (Å²) >= 11 is 0. The van der Waals surface area contributed by atoms with Gasteiger partial charge in [-0.25, -0.2) is 8.42 Å². The largest absolute Gasteiger partial charge is 0.408 e. The number of sulfonamides is 1. The van der Waals surface area contributed by atoms with E-state index in [2.05, 4.69) is 4.98 Å². The topological polar surface area (TPSA) is 64.0 Å². The molecule has 9 heteroatoms. The van der Waals surface area contributed by atoms with Crippen LogP contribution in [0.2, 0.25) is 0 Å². The van der Waals surface area contributed by atoms with Crippen LogP contribution in [-0.4, -0.2) is 29.4 Å². The summed E-state index contributed by atoms with van der Waals surface area (Å²) in [6, 6.07) is 6.59. The van der Waals surface area contributed by atoms with E-state index in [-0.39, 0.29) is 11.0 Å². The highest BCUT2D eigenvalue weighted by Gasteiger charge is 2.47. The molecule has 2 heterocycles. The van der Waals surface area contributed by atoms with E-state index < -0.39 is 27.5 Å². The van der Waals surface area contributed by atoms with E-state index in [9.17, 15) is 21.6 Å². The van der Waals surface area contributed by atoms with E-state index in [1.165, 1.54) is 6.20 Å². The molecule has 1 saturated carbocycles. The summed E-state index contributed by atoms with van der Waals surface area (Å²) in [4.78, 5) is 4.12. The van der Waals surface area contributed by atoms with Crippen LogP contribution in [0.1, 0.15) is 45.2 Å². The van der Waals surface area contributed by atoms with Crippen LogP contribution in [0.3, 0.4) is 0 Å². The summed E-state index contributed by atoms with van der Waals surface area (Å²) in [5, 5.41) is -0.366. The lowest BCUT2D eigenvalue weighted by Crippen LogP contribution is -2.39. The Morgan fingerprint density at radius 2 is 1.88 bits per heavy atom. The van der Waals surface area contributed by atoms with Gasteiger partial charge in [0, 0.05) is 47.2 Å². The SMILES string of the molecule is CC(C)(C)Cn1cc(C(NS(=O)(=O)C2CC2)C(F)(F)F)c2ccc(-c3cccnc3)cc21. The molecule has 0 amide bonds. The molecule has 0 spiro atoms. The van der Waals surface area contributed by atoms with Gasteiger partial charge in [-0.15, -0.1) is 0 Å². The van der Waals surface area contributed by atoms with Crippen LogP contribution >= 0.6 is 0 Å². The second kappa shape index (κ2) is 7.88. The molecule has 1 unspecified atom stereocenters. The lowest BCUT2D eigenvalue weighted by atomic mass is 9.97. The van der Waals surface area contributed by atoms with Crippen molar-refractivity contribution in [3.63, 3.8) is 0 Å². The number of alkyl halides is 3. The van der Waals surface area contributed by atoms with Crippen LogP contribution in [0.4, 0.5) is 13.2 Å². The van der Waals surface area contributed by atoms with Crippen LogP contribution < -0.4 is 4.72 Å². The van der Waals surface area contributed by atoms with Crippen molar-refractivity contribution in [2.24, 2.45) is 5.41 Å². The summed E-state index contributed by atoms with van der Waals surface area (Å²) < 4.78 is 70.8. The normalized spacial score (nSPS) is 16.4. The Morgan fingerprint density at radius 3 is 2.44 bits per heavy atom. The molecule has 1 aliphatic rings. The number of nitrogens with zero attached hydrogens (tertiary/aromatic N) is 2. The van der Waals surface area contributed by atoms with Crippen molar-refractivity contribution in [2.75, 3.05) is 0 Å². The first kappa shape index (κ1) is 22.8. The lowest BCUT2D eigenvalue weighted by molar-refractivity contribution is -0.152. The number of aromatic nitrogens is 2. The fraction of sp³-hybridized carbons (Fsp3) is 0.435. The number of rotatable bonds is 6. The Kier molecular flexibility index (Phi) is 5.61. The fourth-order valence-electron chi connectivity index (χ4n) is 3.85. The van der Waals surface area contributed by atoms with Gasteiger partial charge in [-0.3, -0.25) is 4.98 Å². The molecule has 1 aliphatic carbocycles. The Balaban J connectivity index is 1.87. The maximum atomic E-state index is 14.1. The third kappa shape index (κ3) is 4.83. The minimum atomic E-state index is -4.77. The van der Waals surface area contributed by atoms with E-state index in [1.54, 1.807) is 35.2 Å². The molecule has 1 N–H and O–H groups in total. The molecule has 1 aromatic carbocycles. The van der Waals surface area contributed by atoms with Crippen molar-refractivity contribution in [1.82, 2.24) is 14.3 Å². The lowest BCUT2D eigenvalue weighted by Gasteiger charge is -2.22. The first-order valence-electron chi connectivity index (χ1n) is 10.5. The van der Waals surface area contributed by atoms with Gasteiger partial charge in [-0.1, -0.05) is 39.0 Å². The zero-order chi connectivity index (χ0) is 23.3. The molecule has 2 aromatic heterocycles. The molecule has 1 fully saturated rings. The van der Waals surface area contributed by atoms with Crippen molar-refractivity contribution in [3.05, 3.63) is 54.5 Å². The van der Waals surface area contributed by atoms with Gasteiger partial charge in [0.05, 0.1) is 5.25 Å². The molecule has 0 saturated heterocycles. The number of fused-ring (bicyclic) bond motifs is 1. The van der Waals surface area contributed by atoms with Gasteiger partial charge in [0.25, 0.3) is 0 Å². The average Bonchev–Trinajstić information content (AvgIpc) is 3.50. The zero-order valence-electron chi connectivity index (χ0n) is 18.1. The van der Waals surface area contributed by atoms with Crippen LogP contribution in [0.5, 0.6) is 0 Å². The number of pyridine rings is 1. The highest BCUT2D eigenvalue weighted by atomic mass is 32.2. The smallest absolute Gasteiger partial charge is 0.347 e. The predicted octanol–water partition coefficient (Wildman–Crippen LogP) is 5.43. The second-order valence-corrected chi connectivity index (χ2v) is 11.6. The Hall–Kier alpha value is -2.39. The Labute approximate surface area is 185 Å². The van der Waals surface area contributed by atoms with Crippen molar-refractivity contribution in [1.29, 1.82) is 0 Å². The van der Waals surface area contributed by atoms with E-state index in [0.29, 0.717) is 30.3 Å². The molecule has 32 heavy (non-hydrogen) atoms. The van der Waals surface area contributed by atoms with E-state index in [4.69, 9.17) is 0 Å². The Bertz CT molecular complexity index is 1230. The summed E-state index contributed by atoms with van der Waals surface area (Å²) in [7, 11) is -4.05. The maximum Gasteiger partial charge on any atom is 0.408 e. The Morgan fingerprint density at radius 1 is 1.16 bits per heavy atom. The quantitative estimate of drug-likeness (QED) is 0.528. The molecule has 1 atom stereocenters. The first-order valence-corrected chi connectivity index (χ1v) is 12.0. The highest BCUT2D eigenvalue weighted by Crippen LogP contribution is 2.41. The number of nitrogens with one attached hydrogen (secondary N) is 1. The van der Waals surface area contributed by atoms with Crippen LogP contribution in [0.25, 0.3) is 22.0 Å². The summed E-state index contributed by atoms with van der Waals surface area (Å²) in [6.45, 7) is 6.47. The minimum absolute atomic E-state index is 0.0845. The minimum Gasteiger partial charge on any atom is -0.347 e. The third-order valence-electron chi connectivity index (χ3n) is 5.44. The molecule has 172 valence electrons. The highest BCUT2D eigenvalue weighted by molar-refractivity contribution is 7.90. The van der Waals surface area contributed by atoms with Gasteiger partial charge in [0.2, 0.25) is 10.0 Å². The standard InChI is InChI=1S/C23H26F3N3O2S/c1-22(2,3)14-29-13-19(21(23(24,25)26)28-32(30,31)17-7-8-17)18-9-6-15(11-20(18)29)16-5-4-10-27-12-16/h4-6,9-13,17,21,28H,7-8,14H2,1-3H3. The molecular weight excluding hydrogens is 439 g/mol. The third-order valence-corrected chi connectivity index (χ3v) is 7.35. The monoisotopic (exact) mass is 465 g/mol. The zero-order valence-corrected chi connectivity index (χ0v) is 19.0. The molecule has 0 bridgehead atoms. The van der Waals surface area contributed by atoms with Gasteiger partial charge >= 0.3 is 6.18 Å². The van der Waals surface area contributed by atoms with Crippen molar-refractivity contribution in [2.45, 2.75) is 57.6 Å².